The molecule has 3 amide bonds. The van der Waals surface area contributed by atoms with Gasteiger partial charge in [-0.05, 0) is 24.3 Å². The third-order valence-electron chi connectivity index (χ3n) is 4.62. The number of nitrogens with zero attached hydrogens (tertiary/aromatic N) is 1. The van der Waals surface area contributed by atoms with Crippen molar-refractivity contribution < 1.29 is 18.8 Å². The predicted molar refractivity (Wildman–Crippen MR) is 123 cm³/mol. The number of thiazole rings is 1. The molecule has 0 bridgehead atoms. The SMILES string of the molecule is CC(=O)NCc1ccc(-c2csc(NC(=O)CNC(=O)c3c[nH]c4ccccc4c3=O)n2)o1. The fraction of sp³-hybridized carbons (Fsp3) is 0.136. The van der Waals surface area contributed by atoms with Gasteiger partial charge in [-0.1, -0.05) is 12.1 Å². The van der Waals surface area contributed by atoms with Crippen molar-refractivity contribution in [1.82, 2.24) is 20.6 Å². The van der Waals surface area contributed by atoms with E-state index in [0.717, 1.165) is 0 Å². The van der Waals surface area contributed by atoms with Gasteiger partial charge >= 0.3 is 0 Å². The maximum atomic E-state index is 12.5. The predicted octanol–water partition coefficient (Wildman–Crippen LogP) is 2.25. The van der Waals surface area contributed by atoms with E-state index in [-0.39, 0.29) is 24.6 Å². The topological polar surface area (TPSA) is 146 Å². The summed E-state index contributed by atoms with van der Waals surface area (Å²) in [7, 11) is 0. The number of para-hydroxylation sites is 1. The second-order valence-electron chi connectivity index (χ2n) is 7.02. The second kappa shape index (κ2) is 9.49. The Morgan fingerprint density at radius 3 is 2.76 bits per heavy atom. The molecule has 3 aromatic heterocycles. The highest BCUT2D eigenvalue weighted by atomic mass is 32.1. The van der Waals surface area contributed by atoms with Gasteiger partial charge in [0.15, 0.2) is 10.9 Å². The lowest BCUT2D eigenvalue weighted by molar-refractivity contribution is -0.119. The highest BCUT2D eigenvalue weighted by Crippen LogP contribution is 2.26. The van der Waals surface area contributed by atoms with Crippen LogP contribution in [-0.4, -0.2) is 34.2 Å². The number of amides is 3. The Balaban J connectivity index is 1.34. The molecule has 1 aromatic carbocycles. The fourth-order valence-corrected chi connectivity index (χ4v) is 3.74. The summed E-state index contributed by atoms with van der Waals surface area (Å²) >= 11 is 1.19. The molecule has 0 unspecified atom stereocenters. The average molecular weight is 465 g/mol. The number of nitrogens with one attached hydrogen (secondary N) is 4. The monoisotopic (exact) mass is 465 g/mol. The van der Waals surface area contributed by atoms with Crippen LogP contribution >= 0.6 is 11.3 Å². The molecule has 168 valence electrons. The summed E-state index contributed by atoms with van der Waals surface area (Å²) in [5, 5.41) is 10.1. The molecule has 0 radical (unpaired) electrons. The minimum absolute atomic E-state index is 0.0779. The van der Waals surface area contributed by atoms with Crippen LogP contribution in [0.15, 0.2) is 57.2 Å². The summed E-state index contributed by atoms with van der Waals surface area (Å²) in [5.74, 6) is -0.239. The Morgan fingerprint density at radius 1 is 1.12 bits per heavy atom. The molecular weight excluding hydrogens is 446 g/mol. The highest BCUT2D eigenvalue weighted by molar-refractivity contribution is 7.14. The lowest BCUT2D eigenvalue weighted by Crippen LogP contribution is -2.35. The maximum absolute atomic E-state index is 12.5. The van der Waals surface area contributed by atoms with Gasteiger partial charge in [0.1, 0.15) is 17.0 Å². The Labute approximate surface area is 191 Å². The van der Waals surface area contributed by atoms with Gasteiger partial charge in [0, 0.05) is 29.4 Å². The lowest BCUT2D eigenvalue weighted by atomic mass is 10.1. The number of anilines is 1. The van der Waals surface area contributed by atoms with Crippen molar-refractivity contribution in [3.8, 4) is 11.5 Å². The van der Waals surface area contributed by atoms with E-state index in [1.807, 2.05) is 0 Å². The second-order valence-corrected chi connectivity index (χ2v) is 7.88. The molecule has 0 fully saturated rings. The van der Waals surface area contributed by atoms with E-state index in [4.69, 9.17) is 4.42 Å². The first kappa shape index (κ1) is 22.0. The number of benzene rings is 1. The molecule has 0 aliphatic heterocycles. The fourth-order valence-electron chi connectivity index (χ4n) is 3.02. The summed E-state index contributed by atoms with van der Waals surface area (Å²) in [6.07, 6.45) is 1.33. The minimum Gasteiger partial charge on any atom is -0.458 e. The normalized spacial score (nSPS) is 10.7. The number of aromatic amines is 1. The first-order chi connectivity index (χ1) is 15.9. The van der Waals surface area contributed by atoms with Gasteiger partial charge in [0.2, 0.25) is 17.2 Å². The van der Waals surface area contributed by atoms with E-state index in [1.165, 1.54) is 24.5 Å². The van der Waals surface area contributed by atoms with Crippen molar-refractivity contribution in [2.45, 2.75) is 13.5 Å². The smallest absolute Gasteiger partial charge is 0.257 e. The van der Waals surface area contributed by atoms with Crippen LogP contribution in [0.1, 0.15) is 23.0 Å². The number of fused-ring (bicyclic) bond motifs is 1. The third-order valence-corrected chi connectivity index (χ3v) is 5.38. The van der Waals surface area contributed by atoms with Gasteiger partial charge in [0.05, 0.1) is 13.1 Å². The Kier molecular flexibility index (Phi) is 6.31. The Hall–Kier alpha value is -4.25. The number of aromatic nitrogens is 2. The van der Waals surface area contributed by atoms with Crippen LogP contribution in [0.5, 0.6) is 0 Å². The number of pyridine rings is 1. The summed E-state index contributed by atoms with van der Waals surface area (Å²) in [6, 6.07) is 10.3. The molecule has 4 N–H and O–H groups in total. The number of furan rings is 1. The summed E-state index contributed by atoms with van der Waals surface area (Å²) in [4.78, 5) is 55.3. The van der Waals surface area contributed by atoms with Crippen molar-refractivity contribution in [3.63, 3.8) is 0 Å². The number of hydrogen-bond donors (Lipinski definition) is 4. The summed E-state index contributed by atoms with van der Waals surface area (Å²) in [6.45, 7) is 1.35. The van der Waals surface area contributed by atoms with E-state index in [1.54, 1.807) is 41.8 Å². The Morgan fingerprint density at radius 2 is 1.94 bits per heavy atom. The van der Waals surface area contributed by atoms with Crippen LogP contribution in [0.25, 0.3) is 22.4 Å². The van der Waals surface area contributed by atoms with E-state index < -0.39 is 17.2 Å². The molecule has 4 aromatic rings. The van der Waals surface area contributed by atoms with E-state index in [0.29, 0.717) is 33.2 Å². The zero-order valence-corrected chi connectivity index (χ0v) is 18.2. The molecule has 3 heterocycles. The van der Waals surface area contributed by atoms with Crippen molar-refractivity contribution >= 4 is 45.1 Å². The van der Waals surface area contributed by atoms with Crippen LogP contribution in [0.2, 0.25) is 0 Å². The van der Waals surface area contributed by atoms with Crippen LogP contribution in [-0.2, 0) is 16.1 Å². The lowest BCUT2D eigenvalue weighted by Gasteiger charge is -2.06. The number of H-pyrrole nitrogens is 1. The van der Waals surface area contributed by atoms with E-state index in [2.05, 4.69) is 25.9 Å². The first-order valence-electron chi connectivity index (χ1n) is 9.88. The van der Waals surface area contributed by atoms with Gasteiger partial charge in [0.25, 0.3) is 5.91 Å². The quantitative estimate of drug-likeness (QED) is 0.329. The van der Waals surface area contributed by atoms with E-state index >= 15 is 0 Å². The standard InChI is InChI=1S/C22H19N5O5S/c1-12(28)23-8-13-6-7-18(32-13)17-11-33-22(26-17)27-19(29)10-25-21(31)15-9-24-16-5-3-2-4-14(16)20(15)30/h2-7,9,11H,8,10H2,1H3,(H,23,28)(H,24,30)(H,25,31)(H,26,27,29). The first-order valence-corrected chi connectivity index (χ1v) is 10.8. The van der Waals surface area contributed by atoms with Gasteiger partial charge < -0.3 is 25.4 Å². The molecular formula is C22H19N5O5S. The maximum Gasteiger partial charge on any atom is 0.257 e. The minimum atomic E-state index is -0.653. The van der Waals surface area contributed by atoms with Gasteiger partial charge in [-0.15, -0.1) is 11.3 Å². The molecule has 33 heavy (non-hydrogen) atoms. The van der Waals surface area contributed by atoms with Crippen LogP contribution in [0, 0.1) is 0 Å². The molecule has 0 saturated heterocycles. The highest BCUT2D eigenvalue weighted by Gasteiger charge is 2.15. The van der Waals surface area contributed by atoms with Crippen molar-refractivity contribution in [2.75, 3.05) is 11.9 Å². The molecule has 0 atom stereocenters. The molecule has 0 aliphatic rings. The van der Waals surface area contributed by atoms with Gasteiger partial charge in [-0.2, -0.15) is 0 Å². The molecule has 0 saturated carbocycles. The molecule has 0 aliphatic carbocycles. The number of rotatable bonds is 7. The number of hydrogen-bond acceptors (Lipinski definition) is 7. The van der Waals surface area contributed by atoms with Crippen molar-refractivity contribution in [2.24, 2.45) is 0 Å². The molecule has 0 spiro atoms. The van der Waals surface area contributed by atoms with Gasteiger partial charge in [-0.25, -0.2) is 4.98 Å². The van der Waals surface area contributed by atoms with Crippen LogP contribution < -0.4 is 21.4 Å². The molecule has 10 nitrogen and oxygen atoms in total. The van der Waals surface area contributed by atoms with Crippen LogP contribution in [0.3, 0.4) is 0 Å². The summed E-state index contributed by atoms with van der Waals surface area (Å²) in [5.41, 5.74) is 0.653. The van der Waals surface area contributed by atoms with Crippen molar-refractivity contribution in [1.29, 1.82) is 0 Å². The van der Waals surface area contributed by atoms with Crippen LogP contribution in [0.4, 0.5) is 5.13 Å². The van der Waals surface area contributed by atoms with Crippen molar-refractivity contribution in [3.05, 3.63) is 69.5 Å². The Bertz CT molecular complexity index is 1400. The number of carbonyl (C=O) groups is 3. The largest absolute Gasteiger partial charge is 0.458 e. The zero-order chi connectivity index (χ0) is 23.4. The molecule has 4 rings (SSSR count). The molecule has 11 heteroatoms. The third kappa shape index (κ3) is 5.15. The summed E-state index contributed by atoms with van der Waals surface area (Å²) < 4.78 is 5.64. The van der Waals surface area contributed by atoms with Gasteiger partial charge in [-0.3, -0.25) is 19.2 Å². The zero-order valence-electron chi connectivity index (χ0n) is 17.4. The average Bonchev–Trinajstić information content (AvgIpc) is 3.46. The van der Waals surface area contributed by atoms with E-state index in [9.17, 15) is 19.2 Å². The number of carbonyl (C=O) groups excluding carboxylic acids is 3.